The SMILES string of the molecule is CN(C)C(=O)Cn1cc(-c2cn(C(C)(c3ccc(-c4cnc(N)nc4)cc3)C3CC3)cn2)cn1. The van der Waals surface area contributed by atoms with Crippen LogP contribution in [0.5, 0.6) is 0 Å². The van der Waals surface area contributed by atoms with E-state index in [1.54, 1.807) is 42.3 Å². The molecule has 3 aromatic heterocycles. The van der Waals surface area contributed by atoms with Crippen LogP contribution >= 0.6 is 0 Å². The van der Waals surface area contributed by atoms with E-state index >= 15 is 0 Å². The van der Waals surface area contributed by atoms with Crippen molar-refractivity contribution in [1.29, 1.82) is 0 Å². The molecular formula is C25H28N8O. The van der Waals surface area contributed by atoms with Crippen molar-refractivity contribution in [3.63, 3.8) is 0 Å². The fourth-order valence-corrected chi connectivity index (χ4v) is 4.32. The summed E-state index contributed by atoms with van der Waals surface area (Å²) in [6, 6.07) is 8.56. The summed E-state index contributed by atoms with van der Waals surface area (Å²) in [5.41, 5.74) is 10.3. The van der Waals surface area contributed by atoms with E-state index in [1.807, 2.05) is 12.5 Å². The van der Waals surface area contributed by atoms with Crippen LogP contribution in [0.4, 0.5) is 5.95 Å². The van der Waals surface area contributed by atoms with Crippen molar-refractivity contribution in [3.8, 4) is 22.4 Å². The Labute approximate surface area is 198 Å². The number of anilines is 1. The largest absolute Gasteiger partial charge is 0.368 e. The Hall–Kier alpha value is -4.01. The van der Waals surface area contributed by atoms with E-state index in [2.05, 4.69) is 62.0 Å². The Morgan fingerprint density at radius 2 is 1.74 bits per heavy atom. The predicted octanol–water partition coefficient (Wildman–Crippen LogP) is 3.05. The minimum Gasteiger partial charge on any atom is -0.368 e. The summed E-state index contributed by atoms with van der Waals surface area (Å²) < 4.78 is 3.86. The lowest BCUT2D eigenvalue weighted by molar-refractivity contribution is -0.129. The molecule has 0 saturated heterocycles. The number of likely N-dealkylation sites (N-methyl/N-ethyl adjacent to an activating group) is 1. The lowest BCUT2D eigenvalue weighted by atomic mass is 9.86. The number of benzene rings is 1. The van der Waals surface area contributed by atoms with Crippen LogP contribution in [0.3, 0.4) is 0 Å². The van der Waals surface area contributed by atoms with Crippen molar-refractivity contribution in [2.75, 3.05) is 19.8 Å². The molecule has 1 aliphatic carbocycles. The quantitative estimate of drug-likeness (QED) is 0.458. The lowest BCUT2D eigenvalue weighted by Gasteiger charge is -2.32. The van der Waals surface area contributed by atoms with E-state index < -0.39 is 0 Å². The van der Waals surface area contributed by atoms with Gasteiger partial charge in [-0.3, -0.25) is 9.48 Å². The van der Waals surface area contributed by atoms with E-state index in [-0.39, 0.29) is 23.9 Å². The Balaban J connectivity index is 1.41. The fraction of sp³-hybridized carbons (Fsp3) is 0.320. The number of nitrogen functional groups attached to an aromatic ring is 1. The molecule has 9 heteroatoms. The molecule has 1 aromatic carbocycles. The molecule has 1 saturated carbocycles. The van der Waals surface area contributed by atoms with Crippen LogP contribution in [0.25, 0.3) is 22.4 Å². The first-order valence-electron chi connectivity index (χ1n) is 11.3. The third-order valence-electron chi connectivity index (χ3n) is 6.69. The van der Waals surface area contributed by atoms with Gasteiger partial charge in [-0.1, -0.05) is 24.3 Å². The minimum absolute atomic E-state index is 0.00420. The number of rotatable bonds is 7. The third kappa shape index (κ3) is 4.05. The Bertz CT molecular complexity index is 1300. The zero-order valence-corrected chi connectivity index (χ0v) is 19.6. The monoisotopic (exact) mass is 456 g/mol. The second kappa shape index (κ2) is 8.40. The second-order valence-corrected chi connectivity index (χ2v) is 9.21. The number of aromatic nitrogens is 6. The van der Waals surface area contributed by atoms with Gasteiger partial charge in [0.1, 0.15) is 6.54 Å². The van der Waals surface area contributed by atoms with Gasteiger partial charge in [0.25, 0.3) is 0 Å². The first kappa shape index (κ1) is 21.8. The molecule has 1 unspecified atom stereocenters. The molecule has 1 atom stereocenters. The standard InChI is InChI=1S/C25H28N8O/c1-25(21-8-9-21,20-6-4-17(5-7-20)18-10-27-24(26)28-11-18)32-14-22(29-16-32)19-12-30-33(13-19)15-23(34)31(2)3/h4-7,10-14,16,21H,8-9,15H2,1-3H3,(H2,26,27,28). The molecule has 4 aromatic rings. The molecule has 34 heavy (non-hydrogen) atoms. The number of imidazole rings is 1. The first-order valence-corrected chi connectivity index (χ1v) is 11.3. The van der Waals surface area contributed by atoms with Gasteiger partial charge in [-0.2, -0.15) is 5.10 Å². The minimum atomic E-state index is -0.210. The molecular weight excluding hydrogens is 428 g/mol. The van der Waals surface area contributed by atoms with E-state index in [9.17, 15) is 4.79 Å². The highest BCUT2D eigenvalue weighted by Crippen LogP contribution is 2.48. The van der Waals surface area contributed by atoms with Gasteiger partial charge in [0.2, 0.25) is 11.9 Å². The van der Waals surface area contributed by atoms with Crippen LogP contribution in [-0.2, 0) is 16.9 Å². The van der Waals surface area contributed by atoms with Crippen molar-refractivity contribution in [2.45, 2.75) is 31.8 Å². The Kier molecular flexibility index (Phi) is 5.39. The van der Waals surface area contributed by atoms with Crippen molar-refractivity contribution in [2.24, 2.45) is 5.92 Å². The smallest absolute Gasteiger partial charge is 0.243 e. The Morgan fingerprint density at radius 3 is 2.38 bits per heavy atom. The van der Waals surface area contributed by atoms with Crippen LogP contribution in [0.15, 0.2) is 61.6 Å². The molecule has 5 rings (SSSR count). The number of carbonyl (C=O) groups excluding carboxylic acids is 1. The van der Waals surface area contributed by atoms with Crippen LogP contribution in [0.2, 0.25) is 0 Å². The highest BCUT2D eigenvalue weighted by Gasteiger charge is 2.44. The van der Waals surface area contributed by atoms with Crippen LogP contribution in [-0.4, -0.2) is 54.2 Å². The van der Waals surface area contributed by atoms with Crippen LogP contribution in [0.1, 0.15) is 25.3 Å². The van der Waals surface area contributed by atoms with E-state index in [1.165, 1.54) is 18.4 Å². The lowest BCUT2D eigenvalue weighted by Crippen LogP contribution is -2.33. The highest BCUT2D eigenvalue weighted by atomic mass is 16.2. The van der Waals surface area contributed by atoms with Crippen molar-refractivity contribution >= 4 is 11.9 Å². The maximum absolute atomic E-state index is 12.0. The van der Waals surface area contributed by atoms with Gasteiger partial charge in [0.15, 0.2) is 0 Å². The number of hydrogen-bond donors (Lipinski definition) is 1. The van der Waals surface area contributed by atoms with E-state index in [0.717, 1.165) is 22.4 Å². The molecule has 1 amide bonds. The number of nitrogens with zero attached hydrogens (tertiary/aromatic N) is 7. The molecule has 3 heterocycles. The number of carbonyl (C=O) groups is 1. The average molecular weight is 457 g/mol. The highest BCUT2D eigenvalue weighted by molar-refractivity contribution is 5.75. The van der Waals surface area contributed by atoms with E-state index in [0.29, 0.717) is 5.92 Å². The van der Waals surface area contributed by atoms with Gasteiger partial charge in [-0.15, -0.1) is 0 Å². The second-order valence-electron chi connectivity index (χ2n) is 9.21. The summed E-state index contributed by atoms with van der Waals surface area (Å²) in [6.07, 6.45) is 13.5. The van der Waals surface area contributed by atoms with Crippen LogP contribution < -0.4 is 5.73 Å². The molecule has 9 nitrogen and oxygen atoms in total. The number of hydrogen-bond acceptors (Lipinski definition) is 6. The fourth-order valence-electron chi connectivity index (χ4n) is 4.32. The van der Waals surface area contributed by atoms with Gasteiger partial charge in [-0.05, 0) is 36.8 Å². The van der Waals surface area contributed by atoms with E-state index in [4.69, 9.17) is 5.73 Å². The van der Waals surface area contributed by atoms with Gasteiger partial charge in [-0.25, -0.2) is 15.0 Å². The van der Waals surface area contributed by atoms with Crippen molar-refractivity contribution < 1.29 is 4.79 Å². The van der Waals surface area contributed by atoms with Gasteiger partial charge in [0.05, 0.1) is 23.8 Å². The molecule has 1 fully saturated rings. The molecule has 2 N–H and O–H groups in total. The van der Waals surface area contributed by atoms with Crippen molar-refractivity contribution in [3.05, 3.63) is 67.1 Å². The molecule has 0 bridgehead atoms. The molecule has 0 aliphatic heterocycles. The zero-order chi connectivity index (χ0) is 23.9. The maximum Gasteiger partial charge on any atom is 0.243 e. The molecule has 1 aliphatic rings. The third-order valence-corrected chi connectivity index (χ3v) is 6.69. The molecule has 0 radical (unpaired) electrons. The van der Waals surface area contributed by atoms with Gasteiger partial charge >= 0.3 is 0 Å². The summed E-state index contributed by atoms with van der Waals surface area (Å²) in [5, 5.41) is 4.34. The topological polar surface area (TPSA) is 108 Å². The zero-order valence-electron chi connectivity index (χ0n) is 19.6. The Morgan fingerprint density at radius 1 is 1.03 bits per heavy atom. The summed E-state index contributed by atoms with van der Waals surface area (Å²) in [4.78, 5) is 26.4. The first-order chi connectivity index (χ1) is 16.3. The number of amides is 1. The summed E-state index contributed by atoms with van der Waals surface area (Å²) >= 11 is 0. The normalized spacial score (nSPS) is 15.1. The van der Waals surface area contributed by atoms with Crippen LogP contribution in [0, 0.1) is 5.92 Å². The summed E-state index contributed by atoms with van der Waals surface area (Å²) in [5.74, 6) is 0.809. The summed E-state index contributed by atoms with van der Waals surface area (Å²) in [6.45, 7) is 2.48. The number of nitrogens with two attached hydrogens (primary N) is 1. The summed E-state index contributed by atoms with van der Waals surface area (Å²) in [7, 11) is 3.48. The predicted molar refractivity (Wildman–Crippen MR) is 129 cm³/mol. The van der Waals surface area contributed by atoms with Gasteiger partial charge in [0, 0.05) is 50.0 Å². The van der Waals surface area contributed by atoms with Crippen molar-refractivity contribution in [1.82, 2.24) is 34.2 Å². The van der Waals surface area contributed by atoms with Gasteiger partial charge < -0.3 is 15.2 Å². The molecule has 174 valence electrons. The molecule has 0 spiro atoms. The maximum atomic E-state index is 12.0. The average Bonchev–Trinajstić information content (AvgIpc) is 3.39.